The predicted molar refractivity (Wildman–Crippen MR) is 83.3 cm³/mol. The van der Waals surface area contributed by atoms with Gasteiger partial charge in [-0.05, 0) is 31.4 Å². The van der Waals surface area contributed by atoms with Crippen LogP contribution in [0.3, 0.4) is 0 Å². The van der Waals surface area contributed by atoms with Crippen molar-refractivity contribution in [1.29, 1.82) is 0 Å². The van der Waals surface area contributed by atoms with Crippen LogP contribution in [0.15, 0.2) is 30.3 Å². The second kappa shape index (κ2) is 4.72. The molecular formula is C15H14ClN5. The first-order chi connectivity index (χ1) is 10.3. The number of benzene rings is 1. The number of aryl methyl sites for hydroxylation is 1. The van der Waals surface area contributed by atoms with Crippen molar-refractivity contribution in [2.45, 2.75) is 19.3 Å². The van der Waals surface area contributed by atoms with Crippen molar-refractivity contribution in [1.82, 2.24) is 14.6 Å². The van der Waals surface area contributed by atoms with Gasteiger partial charge in [0.1, 0.15) is 5.82 Å². The van der Waals surface area contributed by atoms with Crippen LogP contribution in [-0.2, 0) is 12.8 Å². The molecule has 0 bridgehead atoms. The Morgan fingerprint density at radius 3 is 2.76 bits per heavy atom. The van der Waals surface area contributed by atoms with E-state index in [9.17, 15) is 0 Å². The summed E-state index contributed by atoms with van der Waals surface area (Å²) in [5, 5.41) is 5.34. The molecule has 1 aliphatic carbocycles. The van der Waals surface area contributed by atoms with E-state index in [2.05, 4.69) is 10.5 Å². The molecule has 1 aromatic carbocycles. The fraction of sp³-hybridized carbons (Fsp3) is 0.200. The maximum Gasteiger partial charge on any atom is 0.158 e. The molecule has 2 heterocycles. The first-order valence-electron chi connectivity index (χ1n) is 6.90. The Balaban J connectivity index is 1.92. The lowest BCUT2D eigenvalue weighted by Crippen LogP contribution is -2.15. The second-order valence-corrected chi connectivity index (χ2v) is 5.63. The van der Waals surface area contributed by atoms with E-state index in [0.29, 0.717) is 5.02 Å². The van der Waals surface area contributed by atoms with Gasteiger partial charge in [0.2, 0.25) is 0 Å². The molecule has 106 valence electrons. The first-order valence-corrected chi connectivity index (χ1v) is 7.28. The van der Waals surface area contributed by atoms with Crippen molar-refractivity contribution >= 4 is 23.1 Å². The van der Waals surface area contributed by atoms with Crippen LogP contribution < -0.4 is 11.3 Å². The van der Waals surface area contributed by atoms with E-state index in [1.807, 2.05) is 30.3 Å². The van der Waals surface area contributed by atoms with Gasteiger partial charge in [0.15, 0.2) is 5.65 Å². The smallest absolute Gasteiger partial charge is 0.158 e. The van der Waals surface area contributed by atoms with Crippen LogP contribution in [-0.4, -0.2) is 14.6 Å². The molecule has 1 aliphatic rings. The summed E-state index contributed by atoms with van der Waals surface area (Å²) >= 11 is 5.93. The minimum Gasteiger partial charge on any atom is -0.308 e. The van der Waals surface area contributed by atoms with Crippen LogP contribution in [0.2, 0.25) is 5.02 Å². The van der Waals surface area contributed by atoms with Crippen LogP contribution in [0.25, 0.3) is 16.9 Å². The third-order valence-corrected chi connectivity index (χ3v) is 4.16. The number of fused-ring (bicyclic) bond motifs is 2. The molecule has 0 saturated carbocycles. The highest BCUT2D eigenvalue weighted by molar-refractivity contribution is 6.30. The maximum atomic E-state index is 5.93. The van der Waals surface area contributed by atoms with Gasteiger partial charge in [-0.2, -0.15) is 9.61 Å². The number of nitrogens with two attached hydrogens (primary N) is 1. The van der Waals surface area contributed by atoms with Gasteiger partial charge in [-0.25, -0.2) is 10.8 Å². The summed E-state index contributed by atoms with van der Waals surface area (Å²) in [7, 11) is 0. The average Bonchev–Trinajstić information content (AvgIpc) is 3.11. The van der Waals surface area contributed by atoms with E-state index in [4.69, 9.17) is 22.4 Å². The maximum absolute atomic E-state index is 5.93. The van der Waals surface area contributed by atoms with E-state index in [1.165, 1.54) is 5.56 Å². The molecule has 3 aromatic rings. The predicted octanol–water partition coefficient (Wildman–Crippen LogP) is 2.82. The Hall–Kier alpha value is -2.11. The van der Waals surface area contributed by atoms with E-state index in [1.54, 1.807) is 4.52 Å². The summed E-state index contributed by atoms with van der Waals surface area (Å²) in [4.78, 5) is 4.71. The summed E-state index contributed by atoms with van der Waals surface area (Å²) in [6.45, 7) is 0. The fourth-order valence-corrected chi connectivity index (χ4v) is 3.02. The zero-order valence-electron chi connectivity index (χ0n) is 11.3. The lowest BCUT2D eigenvalue weighted by Gasteiger charge is -2.09. The van der Waals surface area contributed by atoms with E-state index in [0.717, 1.165) is 47.7 Å². The van der Waals surface area contributed by atoms with Crippen LogP contribution in [0.1, 0.15) is 17.7 Å². The van der Waals surface area contributed by atoms with Gasteiger partial charge in [-0.15, -0.1) is 0 Å². The number of anilines is 1. The lowest BCUT2D eigenvalue weighted by molar-refractivity contribution is 0.900. The number of hydrogen-bond acceptors (Lipinski definition) is 4. The summed E-state index contributed by atoms with van der Waals surface area (Å²) in [6, 6.07) is 9.59. The third kappa shape index (κ3) is 1.97. The zero-order chi connectivity index (χ0) is 14.4. The van der Waals surface area contributed by atoms with Crippen LogP contribution in [0, 0.1) is 0 Å². The molecule has 0 atom stereocenters. The normalized spacial score (nSPS) is 13.6. The SMILES string of the molecule is NNc1c2c(nc3cc(-c4ccc(Cl)cc4)nn13)CCC2. The number of hydrazine groups is 1. The Labute approximate surface area is 126 Å². The van der Waals surface area contributed by atoms with Gasteiger partial charge < -0.3 is 5.43 Å². The highest BCUT2D eigenvalue weighted by Gasteiger charge is 2.20. The third-order valence-electron chi connectivity index (χ3n) is 3.90. The second-order valence-electron chi connectivity index (χ2n) is 5.19. The molecule has 3 N–H and O–H groups in total. The summed E-state index contributed by atoms with van der Waals surface area (Å²) in [5.74, 6) is 6.54. The van der Waals surface area contributed by atoms with Crippen molar-refractivity contribution in [3.63, 3.8) is 0 Å². The minimum absolute atomic E-state index is 0.712. The van der Waals surface area contributed by atoms with E-state index >= 15 is 0 Å². The molecule has 4 rings (SSSR count). The molecule has 5 nitrogen and oxygen atoms in total. The number of aromatic nitrogens is 3. The number of hydrogen-bond donors (Lipinski definition) is 2. The molecule has 21 heavy (non-hydrogen) atoms. The molecule has 0 saturated heterocycles. The Morgan fingerprint density at radius 2 is 2.00 bits per heavy atom. The van der Waals surface area contributed by atoms with Crippen molar-refractivity contribution < 1.29 is 0 Å². The number of nitrogens with zero attached hydrogens (tertiary/aromatic N) is 3. The van der Waals surface area contributed by atoms with Crippen molar-refractivity contribution in [2.75, 3.05) is 5.43 Å². The number of nitrogen functional groups attached to an aromatic ring is 1. The number of rotatable bonds is 2. The highest BCUT2D eigenvalue weighted by Crippen LogP contribution is 2.30. The zero-order valence-corrected chi connectivity index (χ0v) is 12.1. The number of nitrogens with one attached hydrogen (secondary N) is 1. The van der Waals surface area contributed by atoms with Gasteiger partial charge >= 0.3 is 0 Å². The summed E-state index contributed by atoms with van der Waals surface area (Å²) in [6.07, 6.45) is 3.12. The van der Waals surface area contributed by atoms with Crippen LogP contribution >= 0.6 is 11.6 Å². The molecular weight excluding hydrogens is 286 g/mol. The Kier molecular flexibility index (Phi) is 2.83. The molecule has 0 radical (unpaired) electrons. The lowest BCUT2D eigenvalue weighted by atomic mass is 10.1. The molecule has 0 unspecified atom stereocenters. The van der Waals surface area contributed by atoms with Crippen LogP contribution in [0.5, 0.6) is 0 Å². The summed E-state index contributed by atoms with van der Waals surface area (Å²) < 4.78 is 1.79. The molecule has 0 amide bonds. The fourth-order valence-electron chi connectivity index (χ4n) is 2.90. The van der Waals surface area contributed by atoms with Crippen LogP contribution in [0.4, 0.5) is 5.82 Å². The topological polar surface area (TPSA) is 68.2 Å². The minimum atomic E-state index is 0.712. The first kappa shape index (κ1) is 12.6. The van der Waals surface area contributed by atoms with E-state index in [-0.39, 0.29) is 0 Å². The van der Waals surface area contributed by atoms with Crippen molar-refractivity contribution in [3.8, 4) is 11.3 Å². The van der Waals surface area contributed by atoms with E-state index < -0.39 is 0 Å². The monoisotopic (exact) mass is 299 g/mol. The standard InChI is InChI=1S/C15H14ClN5/c16-10-6-4-9(5-7-10)13-8-14-18-12-3-1-2-11(12)15(19-17)21(14)20-13/h4-8,19H,1-3,17H2. The molecule has 0 spiro atoms. The molecule has 6 heteroatoms. The van der Waals surface area contributed by atoms with Gasteiger partial charge in [0, 0.05) is 27.9 Å². The number of halogens is 1. The molecule has 0 fully saturated rings. The average molecular weight is 300 g/mol. The summed E-state index contributed by atoms with van der Waals surface area (Å²) in [5.41, 5.74) is 7.76. The van der Waals surface area contributed by atoms with Crippen molar-refractivity contribution in [2.24, 2.45) is 5.84 Å². The Bertz CT molecular complexity index is 822. The molecule has 2 aromatic heterocycles. The van der Waals surface area contributed by atoms with Gasteiger partial charge in [0.05, 0.1) is 5.69 Å². The van der Waals surface area contributed by atoms with Gasteiger partial charge in [-0.1, -0.05) is 23.7 Å². The quantitative estimate of drug-likeness (QED) is 0.564. The largest absolute Gasteiger partial charge is 0.308 e. The van der Waals surface area contributed by atoms with Gasteiger partial charge in [0.25, 0.3) is 0 Å². The van der Waals surface area contributed by atoms with Crippen molar-refractivity contribution in [3.05, 3.63) is 46.6 Å². The van der Waals surface area contributed by atoms with Gasteiger partial charge in [-0.3, -0.25) is 0 Å². The highest BCUT2D eigenvalue weighted by atomic mass is 35.5. The molecule has 0 aliphatic heterocycles. The Morgan fingerprint density at radius 1 is 1.19 bits per heavy atom.